The molecule has 0 aromatic heterocycles. The molecule has 8 heteroatoms. The van der Waals surface area contributed by atoms with Crippen LogP contribution in [0.25, 0.3) is 0 Å². The topological polar surface area (TPSA) is 86.3 Å². The Balaban J connectivity index is 0.00000363. The number of carboxylic acids is 1. The molecular formula is C24H27ClNNaO4S. The largest absolute Gasteiger partial charge is 1.00 e. The summed E-state index contributed by atoms with van der Waals surface area (Å²) in [7, 11) is -3.60. The van der Waals surface area contributed by atoms with E-state index in [1.807, 2.05) is 24.3 Å². The molecule has 1 unspecified atom stereocenters. The molecule has 3 rings (SSSR count). The third kappa shape index (κ3) is 7.72. The zero-order chi connectivity index (χ0) is 22.3. The average molecular weight is 484 g/mol. The monoisotopic (exact) mass is 483 g/mol. The Bertz CT molecular complexity index is 1040. The fraction of sp³-hybridized carbons (Fsp3) is 0.375. The third-order valence-corrected chi connectivity index (χ3v) is 7.64. The van der Waals surface area contributed by atoms with Gasteiger partial charge < -0.3 is 9.90 Å². The van der Waals surface area contributed by atoms with Crippen molar-refractivity contribution >= 4 is 27.6 Å². The molecule has 0 heterocycles. The molecule has 2 aromatic rings. The number of nitrogens with one attached hydrogen (secondary N) is 1. The van der Waals surface area contributed by atoms with Gasteiger partial charge in [-0.3, -0.25) is 0 Å². The van der Waals surface area contributed by atoms with Gasteiger partial charge in [-0.15, -0.1) is 0 Å². The van der Waals surface area contributed by atoms with E-state index < -0.39 is 16.0 Å². The average Bonchev–Trinajstić information content (AvgIpc) is 2.73. The van der Waals surface area contributed by atoms with Gasteiger partial charge in [0.1, 0.15) is 0 Å². The summed E-state index contributed by atoms with van der Waals surface area (Å²) < 4.78 is 28.0. The van der Waals surface area contributed by atoms with Crippen LogP contribution >= 0.6 is 11.6 Å². The molecule has 1 aliphatic rings. The van der Waals surface area contributed by atoms with E-state index in [4.69, 9.17) is 11.6 Å². The summed E-state index contributed by atoms with van der Waals surface area (Å²) in [4.78, 5) is 10.8. The Kier molecular flexibility index (Phi) is 10.5. The van der Waals surface area contributed by atoms with Gasteiger partial charge in [0.2, 0.25) is 10.0 Å². The van der Waals surface area contributed by atoms with Crippen molar-refractivity contribution in [3.8, 4) is 0 Å². The number of sulfonamides is 1. The van der Waals surface area contributed by atoms with Crippen molar-refractivity contribution < 1.29 is 47.9 Å². The molecule has 2 aromatic carbocycles. The maximum Gasteiger partial charge on any atom is 1.00 e. The van der Waals surface area contributed by atoms with E-state index in [1.165, 1.54) is 23.3 Å². The van der Waals surface area contributed by atoms with Crippen LogP contribution in [0.3, 0.4) is 0 Å². The Morgan fingerprint density at radius 2 is 1.78 bits per heavy atom. The number of benzene rings is 2. The summed E-state index contributed by atoms with van der Waals surface area (Å²) in [5.41, 5.74) is 2.58. The Morgan fingerprint density at radius 3 is 2.47 bits per heavy atom. The molecule has 0 amide bonds. The van der Waals surface area contributed by atoms with Crippen LogP contribution < -0.4 is 39.4 Å². The third-order valence-electron chi connectivity index (χ3n) is 5.91. The summed E-state index contributed by atoms with van der Waals surface area (Å²) >= 11 is 5.86. The molecule has 0 spiro atoms. The minimum Gasteiger partial charge on any atom is -0.550 e. The molecule has 0 saturated carbocycles. The summed E-state index contributed by atoms with van der Waals surface area (Å²) in [6.07, 6.45) is 8.61. The van der Waals surface area contributed by atoms with Gasteiger partial charge in [0.25, 0.3) is 0 Å². The minimum atomic E-state index is -3.60. The van der Waals surface area contributed by atoms with Crippen molar-refractivity contribution in [2.45, 2.75) is 49.8 Å². The predicted molar refractivity (Wildman–Crippen MR) is 120 cm³/mol. The molecule has 0 bridgehead atoms. The molecule has 166 valence electrons. The summed E-state index contributed by atoms with van der Waals surface area (Å²) in [6, 6.07) is 14.5. The van der Waals surface area contributed by atoms with E-state index in [0.717, 1.165) is 25.7 Å². The number of carbonyl (C=O) groups is 1. The number of carboxylic acid groups (broad SMARTS) is 1. The van der Waals surface area contributed by atoms with Gasteiger partial charge in [0.15, 0.2) is 0 Å². The second kappa shape index (κ2) is 12.4. The van der Waals surface area contributed by atoms with Gasteiger partial charge in [-0.05, 0) is 85.8 Å². The molecule has 32 heavy (non-hydrogen) atoms. The van der Waals surface area contributed by atoms with Crippen molar-refractivity contribution in [1.29, 1.82) is 0 Å². The van der Waals surface area contributed by atoms with Crippen molar-refractivity contribution in [2.24, 2.45) is 5.41 Å². The molecule has 0 aliphatic heterocycles. The number of aryl methyl sites for hydroxylation is 1. The second-order valence-corrected chi connectivity index (χ2v) is 10.3. The van der Waals surface area contributed by atoms with E-state index >= 15 is 0 Å². The fourth-order valence-electron chi connectivity index (χ4n) is 4.16. The van der Waals surface area contributed by atoms with Crippen LogP contribution in [0.1, 0.15) is 43.2 Å². The van der Waals surface area contributed by atoms with Crippen molar-refractivity contribution in [3.05, 3.63) is 76.8 Å². The van der Waals surface area contributed by atoms with Crippen molar-refractivity contribution in [3.63, 3.8) is 0 Å². The summed E-state index contributed by atoms with van der Waals surface area (Å²) in [6.45, 7) is 0.333. The number of allylic oxidation sites excluding steroid dienone is 2. The number of rotatable bonds is 10. The first-order chi connectivity index (χ1) is 14.8. The number of hydrogen-bond acceptors (Lipinski definition) is 4. The maximum atomic E-state index is 12.6. The van der Waals surface area contributed by atoms with E-state index in [-0.39, 0.29) is 46.3 Å². The Morgan fingerprint density at radius 1 is 1.09 bits per heavy atom. The quantitative estimate of drug-likeness (QED) is 0.397. The Hall–Kier alpha value is -1.15. The van der Waals surface area contributed by atoms with Crippen LogP contribution in [0.4, 0.5) is 0 Å². The van der Waals surface area contributed by atoms with Crippen LogP contribution in [0.5, 0.6) is 0 Å². The van der Waals surface area contributed by atoms with E-state index in [2.05, 4.69) is 16.9 Å². The number of carbonyl (C=O) groups excluding carboxylic acids is 1. The van der Waals surface area contributed by atoms with Gasteiger partial charge in [-0.25, -0.2) is 13.1 Å². The molecule has 5 nitrogen and oxygen atoms in total. The molecule has 0 saturated heterocycles. The van der Waals surface area contributed by atoms with Crippen molar-refractivity contribution in [2.75, 3.05) is 6.54 Å². The predicted octanol–water partition coefficient (Wildman–Crippen LogP) is 0.664. The normalized spacial score (nSPS) is 18.2. The minimum absolute atomic E-state index is 0. The smallest absolute Gasteiger partial charge is 0.550 e. The van der Waals surface area contributed by atoms with Crippen LogP contribution in [-0.4, -0.2) is 20.9 Å². The first kappa shape index (κ1) is 27.1. The number of hydrogen-bond donors (Lipinski definition) is 1. The van der Waals surface area contributed by atoms with E-state index in [9.17, 15) is 18.3 Å². The van der Waals surface area contributed by atoms with Gasteiger partial charge >= 0.3 is 29.6 Å². The zero-order valence-electron chi connectivity index (χ0n) is 18.3. The van der Waals surface area contributed by atoms with Crippen LogP contribution in [-0.2, 0) is 27.7 Å². The van der Waals surface area contributed by atoms with E-state index in [1.54, 1.807) is 12.1 Å². The van der Waals surface area contributed by atoms with Crippen LogP contribution in [0.15, 0.2) is 65.6 Å². The molecule has 0 fully saturated rings. The zero-order valence-corrected chi connectivity index (χ0v) is 21.9. The SMILES string of the molecule is O=C([O-])CC/C=C\CC1(CCNS(=O)(=O)c2ccc(Cl)cc2)CCc2ccccc2C1.[Na+]. The fourth-order valence-corrected chi connectivity index (χ4v) is 5.31. The van der Waals surface area contributed by atoms with Crippen LogP contribution in [0.2, 0.25) is 5.02 Å². The first-order valence-corrected chi connectivity index (χ1v) is 12.3. The number of aliphatic carboxylic acids is 1. The maximum absolute atomic E-state index is 12.6. The molecule has 1 atom stereocenters. The van der Waals surface area contributed by atoms with Gasteiger partial charge in [-0.1, -0.05) is 48.0 Å². The van der Waals surface area contributed by atoms with Gasteiger partial charge in [0, 0.05) is 17.5 Å². The molecule has 1 N–H and O–H groups in total. The van der Waals surface area contributed by atoms with Crippen LogP contribution in [0, 0.1) is 5.41 Å². The number of fused-ring (bicyclic) bond motifs is 1. The van der Waals surface area contributed by atoms with Crippen molar-refractivity contribution in [1.82, 2.24) is 4.72 Å². The Labute approximate surface area is 217 Å². The number of halogens is 1. The first-order valence-electron chi connectivity index (χ1n) is 10.5. The summed E-state index contributed by atoms with van der Waals surface area (Å²) in [5.74, 6) is -1.05. The van der Waals surface area contributed by atoms with Gasteiger partial charge in [-0.2, -0.15) is 0 Å². The van der Waals surface area contributed by atoms with E-state index in [0.29, 0.717) is 24.4 Å². The molecule has 1 aliphatic carbocycles. The van der Waals surface area contributed by atoms with Gasteiger partial charge in [0.05, 0.1) is 4.90 Å². The second-order valence-electron chi connectivity index (χ2n) is 8.13. The molecule has 0 radical (unpaired) electrons. The summed E-state index contributed by atoms with van der Waals surface area (Å²) in [5, 5.41) is 11.1. The molecular weight excluding hydrogens is 457 g/mol. The standard InChI is InChI=1S/C24H28ClNO4S.Na/c25-21-9-11-22(12-10-21)31(29,30)26-17-16-24(14-5-1-2-8-23(27)28)15-13-19-6-3-4-7-20(19)18-24;/h1,3-7,9-12,26H,2,8,13-18H2,(H,27,28);/q;+1/p-1/b5-1-;.